The number of ether oxygens (including phenoxy) is 1. The maximum atomic E-state index is 13.2. The number of alkyl halides is 6. The Balaban J connectivity index is 1.51. The number of aromatic nitrogens is 1. The number of aliphatic hydroxyl groups is 1. The summed E-state index contributed by atoms with van der Waals surface area (Å²) in [6.07, 6.45) is -5.83. The summed E-state index contributed by atoms with van der Waals surface area (Å²) >= 11 is 0. The highest BCUT2D eigenvalue weighted by atomic mass is 19.4. The second-order valence-corrected chi connectivity index (χ2v) is 8.96. The van der Waals surface area contributed by atoms with Crippen LogP contribution in [0.2, 0.25) is 0 Å². The zero-order chi connectivity index (χ0) is 24.7. The average Bonchev–Trinajstić information content (AvgIpc) is 3.03. The summed E-state index contributed by atoms with van der Waals surface area (Å²) in [6, 6.07) is 5.58. The smallest absolute Gasteiger partial charge is 0.417 e. The van der Waals surface area contributed by atoms with Crippen molar-refractivity contribution in [3.8, 4) is 5.75 Å². The number of piperidine rings is 1. The van der Waals surface area contributed by atoms with Crippen LogP contribution in [0.1, 0.15) is 68.2 Å². The van der Waals surface area contributed by atoms with E-state index in [2.05, 4.69) is 4.98 Å². The van der Waals surface area contributed by atoms with Crippen LogP contribution >= 0.6 is 0 Å². The molecule has 0 radical (unpaired) electrons. The monoisotopic (exact) mass is 488 g/mol. The van der Waals surface area contributed by atoms with Gasteiger partial charge in [0.05, 0.1) is 17.2 Å². The number of anilines is 1. The van der Waals surface area contributed by atoms with Gasteiger partial charge >= 0.3 is 12.4 Å². The first kappa shape index (κ1) is 24.6. The van der Waals surface area contributed by atoms with Crippen LogP contribution in [-0.2, 0) is 12.4 Å². The molecule has 4 nitrogen and oxygen atoms in total. The molecule has 2 bridgehead atoms. The Morgan fingerprint density at radius 3 is 2.15 bits per heavy atom. The van der Waals surface area contributed by atoms with Crippen molar-refractivity contribution in [3.05, 3.63) is 53.2 Å². The highest BCUT2D eigenvalue weighted by Crippen LogP contribution is 2.42. The summed E-state index contributed by atoms with van der Waals surface area (Å²) in [5.74, 6) is 0.715. The fourth-order valence-electron chi connectivity index (χ4n) is 5.00. The first-order chi connectivity index (χ1) is 16.0. The standard InChI is InChI=1S/C24H26F6N2O2/c1-2-3-20(33)19-10-14(23(25,26)27)4-8-21(19)34-18-11-16-6-7-17(12-18)32(16)22-9-5-15(13-31-22)24(28,29)30/h4-5,8-10,13,16-18,20,33H,2-3,6-7,11-12H2,1H3. The minimum Gasteiger partial charge on any atom is -0.490 e. The molecule has 0 saturated carbocycles. The molecule has 2 saturated heterocycles. The fraction of sp³-hybridized carbons (Fsp3) is 0.542. The molecule has 2 fully saturated rings. The predicted octanol–water partition coefficient (Wildman–Crippen LogP) is 6.53. The topological polar surface area (TPSA) is 45.6 Å². The first-order valence-electron chi connectivity index (χ1n) is 11.3. The average molecular weight is 488 g/mol. The number of hydrogen-bond acceptors (Lipinski definition) is 4. The molecule has 3 heterocycles. The number of nitrogens with zero attached hydrogens (tertiary/aromatic N) is 2. The van der Waals surface area contributed by atoms with Gasteiger partial charge in [-0.25, -0.2) is 4.98 Å². The number of halogens is 6. The van der Waals surface area contributed by atoms with Gasteiger partial charge in [-0.15, -0.1) is 0 Å². The Labute approximate surface area is 193 Å². The lowest BCUT2D eigenvalue weighted by Gasteiger charge is -2.40. The van der Waals surface area contributed by atoms with E-state index < -0.39 is 29.6 Å². The number of benzene rings is 1. The Hall–Kier alpha value is -2.49. The van der Waals surface area contributed by atoms with Gasteiger partial charge in [-0.3, -0.25) is 0 Å². The molecular weight excluding hydrogens is 462 g/mol. The van der Waals surface area contributed by atoms with Gasteiger partial charge in [0.15, 0.2) is 0 Å². The van der Waals surface area contributed by atoms with Crippen LogP contribution < -0.4 is 9.64 Å². The normalized spacial score (nSPS) is 23.8. The van der Waals surface area contributed by atoms with Crippen molar-refractivity contribution < 1.29 is 36.2 Å². The number of pyridine rings is 1. The molecule has 1 aromatic heterocycles. The van der Waals surface area contributed by atoms with Crippen molar-refractivity contribution in [3.63, 3.8) is 0 Å². The predicted molar refractivity (Wildman–Crippen MR) is 113 cm³/mol. The summed E-state index contributed by atoms with van der Waals surface area (Å²) in [6.45, 7) is 1.83. The van der Waals surface area contributed by atoms with Gasteiger partial charge in [-0.1, -0.05) is 13.3 Å². The van der Waals surface area contributed by atoms with E-state index in [-0.39, 0.29) is 29.5 Å². The molecule has 2 aromatic rings. The molecule has 34 heavy (non-hydrogen) atoms. The van der Waals surface area contributed by atoms with Crippen LogP contribution in [0.3, 0.4) is 0 Å². The van der Waals surface area contributed by atoms with E-state index in [1.807, 2.05) is 11.8 Å². The molecule has 3 atom stereocenters. The van der Waals surface area contributed by atoms with Crippen molar-refractivity contribution in [1.29, 1.82) is 0 Å². The summed E-state index contributed by atoms with van der Waals surface area (Å²) in [7, 11) is 0. The van der Waals surface area contributed by atoms with E-state index in [1.54, 1.807) is 0 Å². The number of fused-ring (bicyclic) bond motifs is 2. The van der Waals surface area contributed by atoms with Crippen molar-refractivity contribution >= 4 is 5.82 Å². The summed E-state index contributed by atoms with van der Waals surface area (Å²) in [5, 5.41) is 10.5. The van der Waals surface area contributed by atoms with Crippen molar-refractivity contribution in [2.45, 2.75) is 82.1 Å². The van der Waals surface area contributed by atoms with Crippen LogP contribution in [0.4, 0.5) is 32.2 Å². The lowest BCUT2D eigenvalue weighted by Crippen LogP contribution is -2.47. The minimum atomic E-state index is -4.53. The molecule has 1 aromatic carbocycles. The van der Waals surface area contributed by atoms with E-state index >= 15 is 0 Å². The van der Waals surface area contributed by atoms with Crippen molar-refractivity contribution in [1.82, 2.24) is 4.98 Å². The van der Waals surface area contributed by atoms with E-state index in [0.717, 1.165) is 37.2 Å². The summed E-state index contributed by atoms with van der Waals surface area (Å²) in [5.41, 5.74) is -1.52. The number of aliphatic hydroxyl groups excluding tert-OH is 1. The van der Waals surface area contributed by atoms with E-state index in [0.29, 0.717) is 31.5 Å². The third kappa shape index (κ3) is 5.11. The molecule has 4 rings (SSSR count). The molecule has 1 N–H and O–H groups in total. The van der Waals surface area contributed by atoms with Crippen LogP contribution in [0.25, 0.3) is 0 Å². The lowest BCUT2D eigenvalue weighted by atomic mass is 9.98. The van der Waals surface area contributed by atoms with Gasteiger partial charge in [-0.05, 0) is 49.6 Å². The molecule has 0 aliphatic carbocycles. The highest BCUT2D eigenvalue weighted by molar-refractivity contribution is 5.45. The molecule has 10 heteroatoms. The van der Waals surface area contributed by atoms with Crippen LogP contribution in [-0.4, -0.2) is 28.3 Å². The van der Waals surface area contributed by atoms with Gasteiger partial charge in [0, 0.05) is 36.7 Å². The highest BCUT2D eigenvalue weighted by Gasteiger charge is 2.43. The zero-order valence-corrected chi connectivity index (χ0v) is 18.5. The second kappa shape index (κ2) is 9.28. The Morgan fingerprint density at radius 2 is 1.62 bits per heavy atom. The van der Waals surface area contributed by atoms with Crippen LogP contribution in [0.5, 0.6) is 5.75 Å². The SMILES string of the molecule is CCCC(O)c1cc(C(F)(F)F)ccc1OC1CC2CCC(C1)N2c1ccc(C(F)(F)F)cn1. The Kier molecular flexibility index (Phi) is 6.72. The second-order valence-electron chi connectivity index (χ2n) is 8.96. The van der Waals surface area contributed by atoms with Gasteiger partial charge in [0.1, 0.15) is 17.7 Å². The molecule has 2 aliphatic heterocycles. The van der Waals surface area contributed by atoms with Crippen molar-refractivity contribution in [2.75, 3.05) is 4.90 Å². The van der Waals surface area contributed by atoms with E-state index in [4.69, 9.17) is 4.74 Å². The summed E-state index contributed by atoms with van der Waals surface area (Å²) < 4.78 is 84.4. The maximum Gasteiger partial charge on any atom is 0.417 e. The molecule has 2 aliphatic rings. The fourth-order valence-corrected chi connectivity index (χ4v) is 5.00. The quantitative estimate of drug-likeness (QED) is 0.470. The molecule has 186 valence electrons. The van der Waals surface area contributed by atoms with Crippen LogP contribution in [0.15, 0.2) is 36.5 Å². The summed E-state index contributed by atoms with van der Waals surface area (Å²) in [4.78, 5) is 6.06. The maximum absolute atomic E-state index is 13.2. The third-order valence-corrected chi connectivity index (χ3v) is 6.58. The number of hydrogen-bond donors (Lipinski definition) is 1. The third-order valence-electron chi connectivity index (χ3n) is 6.58. The molecule has 0 spiro atoms. The molecular formula is C24H26F6N2O2. The Bertz CT molecular complexity index is 978. The molecule has 0 amide bonds. The lowest BCUT2D eigenvalue weighted by molar-refractivity contribution is -0.138. The Morgan fingerprint density at radius 1 is 1.00 bits per heavy atom. The van der Waals surface area contributed by atoms with E-state index in [1.165, 1.54) is 12.1 Å². The zero-order valence-electron chi connectivity index (χ0n) is 18.5. The minimum absolute atomic E-state index is 0.00597. The van der Waals surface area contributed by atoms with Gasteiger partial charge in [0.25, 0.3) is 0 Å². The largest absolute Gasteiger partial charge is 0.490 e. The molecule has 3 unspecified atom stereocenters. The van der Waals surface area contributed by atoms with Gasteiger partial charge < -0.3 is 14.7 Å². The number of rotatable bonds is 6. The first-order valence-corrected chi connectivity index (χ1v) is 11.3. The van der Waals surface area contributed by atoms with Gasteiger partial charge in [-0.2, -0.15) is 26.3 Å². The van der Waals surface area contributed by atoms with Gasteiger partial charge in [0.2, 0.25) is 0 Å². The van der Waals surface area contributed by atoms with Crippen molar-refractivity contribution in [2.24, 2.45) is 0 Å². The van der Waals surface area contributed by atoms with Crippen LogP contribution in [0, 0.1) is 0 Å². The van der Waals surface area contributed by atoms with E-state index in [9.17, 15) is 31.4 Å².